The summed E-state index contributed by atoms with van der Waals surface area (Å²) in [5, 5.41) is 4.85. The Morgan fingerprint density at radius 1 is 1.14 bits per heavy atom. The van der Waals surface area contributed by atoms with Gasteiger partial charge < -0.3 is 9.80 Å². The number of aromatic nitrogens is 3. The first-order chi connectivity index (χ1) is 17.5. The second-order valence-electron chi connectivity index (χ2n) is 10.8. The lowest BCUT2D eigenvalue weighted by Gasteiger charge is -2.41. The number of carbonyl (C=O) groups is 1. The highest BCUT2D eigenvalue weighted by molar-refractivity contribution is 7.88. The van der Waals surface area contributed by atoms with Crippen LogP contribution in [0.25, 0.3) is 5.65 Å². The number of fused-ring (bicyclic) bond motifs is 1. The van der Waals surface area contributed by atoms with E-state index in [9.17, 15) is 13.2 Å². The molecule has 0 aliphatic carbocycles. The van der Waals surface area contributed by atoms with Gasteiger partial charge in [-0.05, 0) is 51.0 Å². The number of rotatable bonds is 6. The van der Waals surface area contributed by atoms with Crippen molar-refractivity contribution in [2.75, 3.05) is 30.8 Å². The fourth-order valence-corrected chi connectivity index (χ4v) is 6.71. The number of carbonyl (C=O) groups excluding carboxylic acids is 1. The number of anilines is 1. The summed E-state index contributed by atoms with van der Waals surface area (Å²) in [4.78, 5) is 23.2. The summed E-state index contributed by atoms with van der Waals surface area (Å²) in [6.07, 6.45) is 6.84. The molecule has 0 saturated carbocycles. The zero-order chi connectivity index (χ0) is 26.4. The molecule has 10 heteroatoms. The van der Waals surface area contributed by atoms with Crippen LogP contribution in [0.3, 0.4) is 0 Å². The molecule has 0 bridgehead atoms. The van der Waals surface area contributed by atoms with Crippen LogP contribution in [0.15, 0.2) is 42.6 Å². The number of hydrogen-bond donors (Lipinski definition) is 1. The Hall–Kier alpha value is -2.98. The van der Waals surface area contributed by atoms with Gasteiger partial charge in [-0.2, -0.15) is 9.82 Å². The molecule has 2 aromatic heterocycles. The van der Waals surface area contributed by atoms with Gasteiger partial charge in [0.25, 0.3) is 0 Å². The van der Waals surface area contributed by atoms with Gasteiger partial charge in [-0.25, -0.2) is 17.9 Å². The van der Waals surface area contributed by atoms with Crippen molar-refractivity contribution in [3.63, 3.8) is 0 Å². The maximum absolute atomic E-state index is 14.2. The second kappa shape index (κ2) is 9.72. The molecule has 198 valence electrons. The van der Waals surface area contributed by atoms with E-state index < -0.39 is 15.6 Å². The Kier molecular flexibility index (Phi) is 6.74. The Balaban J connectivity index is 1.51. The highest BCUT2D eigenvalue weighted by Crippen LogP contribution is 2.36. The van der Waals surface area contributed by atoms with E-state index in [1.807, 2.05) is 30.5 Å². The molecular weight excluding hydrogens is 488 g/mol. The maximum atomic E-state index is 14.2. The van der Waals surface area contributed by atoms with E-state index in [0.717, 1.165) is 67.8 Å². The number of benzene rings is 1. The van der Waals surface area contributed by atoms with Crippen molar-refractivity contribution in [2.45, 2.75) is 58.0 Å². The summed E-state index contributed by atoms with van der Waals surface area (Å²) in [5.41, 5.74) is 1.78. The van der Waals surface area contributed by atoms with Gasteiger partial charge in [0, 0.05) is 37.5 Å². The Morgan fingerprint density at radius 3 is 2.57 bits per heavy atom. The highest BCUT2D eigenvalue weighted by Gasteiger charge is 2.44. The molecule has 1 amide bonds. The summed E-state index contributed by atoms with van der Waals surface area (Å²) in [6, 6.07) is 10.8. The minimum absolute atomic E-state index is 0.261. The summed E-state index contributed by atoms with van der Waals surface area (Å²) in [5.74, 6) is 1.37. The predicted octanol–water partition coefficient (Wildman–Crippen LogP) is 3.40. The van der Waals surface area contributed by atoms with Crippen molar-refractivity contribution in [2.24, 2.45) is 5.92 Å². The molecule has 5 rings (SSSR count). The molecule has 37 heavy (non-hydrogen) atoms. The normalized spacial score (nSPS) is 22.4. The van der Waals surface area contributed by atoms with Crippen molar-refractivity contribution in [3.8, 4) is 0 Å². The van der Waals surface area contributed by atoms with Crippen molar-refractivity contribution in [3.05, 3.63) is 59.4 Å². The lowest BCUT2D eigenvalue weighted by Crippen LogP contribution is -2.56. The minimum atomic E-state index is -3.67. The van der Waals surface area contributed by atoms with Gasteiger partial charge in [0.2, 0.25) is 15.9 Å². The topological polar surface area (TPSA) is 99.9 Å². The monoisotopic (exact) mass is 524 g/mol. The summed E-state index contributed by atoms with van der Waals surface area (Å²) in [7, 11) is -3.67. The first-order valence-electron chi connectivity index (χ1n) is 13.0. The molecule has 3 aromatic rings. The first-order valence-corrected chi connectivity index (χ1v) is 14.9. The Bertz CT molecular complexity index is 1410. The minimum Gasteiger partial charge on any atom is -0.356 e. The third kappa shape index (κ3) is 5.09. The van der Waals surface area contributed by atoms with Gasteiger partial charge in [-0.15, -0.1) is 0 Å². The average molecular weight is 525 g/mol. The van der Waals surface area contributed by atoms with Crippen LogP contribution in [0.1, 0.15) is 62.4 Å². The molecule has 4 heterocycles. The van der Waals surface area contributed by atoms with Crippen LogP contribution in [0.2, 0.25) is 0 Å². The van der Waals surface area contributed by atoms with Crippen LogP contribution in [0.4, 0.5) is 5.82 Å². The fourth-order valence-electron chi connectivity index (χ4n) is 5.77. The number of amides is 1. The van der Waals surface area contributed by atoms with Crippen LogP contribution in [0.5, 0.6) is 0 Å². The van der Waals surface area contributed by atoms with Gasteiger partial charge in [0.05, 0.1) is 18.0 Å². The van der Waals surface area contributed by atoms with Crippen LogP contribution in [-0.4, -0.2) is 59.7 Å². The number of nitrogens with one attached hydrogen (secondary N) is 1. The largest absolute Gasteiger partial charge is 0.356 e. The van der Waals surface area contributed by atoms with Gasteiger partial charge in [0.1, 0.15) is 11.4 Å². The molecule has 2 saturated heterocycles. The molecule has 3 atom stereocenters. The molecule has 1 aromatic carbocycles. The van der Waals surface area contributed by atoms with Gasteiger partial charge >= 0.3 is 0 Å². The van der Waals surface area contributed by atoms with Crippen molar-refractivity contribution in [1.29, 1.82) is 0 Å². The lowest BCUT2D eigenvalue weighted by molar-refractivity contribution is -0.141. The molecule has 2 fully saturated rings. The van der Waals surface area contributed by atoms with E-state index in [1.165, 1.54) is 0 Å². The van der Waals surface area contributed by atoms with E-state index in [4.69, 9.17) is 10.1 Å². The van der Waals surface area contributed by atoms with Crippen molar-refractivity contribution < 1.29 is 13.2 Å². The highest BCUT2D eigenvalue weighted by atomic mass is 32.2. The lowest BCUT2D eigenvalue weighted by atomic mass is 9.89. The molecule has 0 radical (unpaired) electrons. The van der Waals surface area contributed by atoms with Crippen LogP contribution >= 0.6 is 0 Å². The number of likely N-dealkylation sites (tertiary alicyclic amines) is 1. The third-order valence-electron chi connectivity index (χ3n) is 7.62. The maximum Gasteiger partial charge on any atom is 0.248 e. The number of hydrogen-bond acceptors (Lipinski definition) is 6. The van der Waals surface area contributed by atoms with E-state index in [0.29, 0.717) is 18.0 Å². The fraction of sp³-hybridized carbons (Fsp3) is 0.519. The summed E-state index contributed by atoms with van der Waals surface area (Å²) in [6.45, 7) is 8.51. The van der Waals surface area contributed by atoms with Gasteiger partial charge in [-0.3, -0.25) is 4.79 Å². The number of piperidine rings is 1. The van der Waals surface area contributed by atoms with Crippen molar-refractivity contribution >= 4 is 27.4 Å². The molecule has 1 N–H and O–H groups in total. The zero-order valence-electron chi connectivity index (χ0n) is 22.0. The van der Waals surface area contributed by atoms with E-state index >= 15 is 0 Å². The average Bonchev–Trinajstić information content (AvgIpc) is 3.48. The molecule has 0 spiro atoms. The Labute approximate surface area is 218 Å². The number of aryl methyl sites for hydroxylation is 1. The predicted molar refractivity (Wildman–Crippen MR) is 144 cm³/mol. The first kappa shape index (κ1) is 25.7. The summed E-state index contributed by atoms with van der Waals surface area (Å²) >= 11 is 0. The number of sulfonamides is 1. The standard InChI is InChI=1S/C27H36N6O3S/c1-19-13-15-31(17-19)25-20(2)18-33-24(28-25)16-22(29-33)23-12-8-9-14-32(23)26(34)27(3,30-37(4,35)36)21-10-6-5-7-11-21/h5-7,10-11,16,18-19,23,30H,8-9,12-15,17H2,1-4H3/t19-,23-,27+/m0/s1. The van der Waals surface area contributed by atoms with Crippen molar-refractivity contribution in [1.82, 2.24) is 24.2 Å². The molecule has 2 aliphatic heterocycles. The summed E-state index contributed by atoms with van der Waals surface area (Å²) < 4.78 is 29.2. The second-order valence-corrected chi connectivity index (χ2v) is 12.6. The van der Waals surface area contributed by atoms with E-state index in [-0.39, 0.29) is 11.9 Å². The quantitative estimate of drug-likeness (QED) is 0.531. The van der Waals surface area contributed by atoms with Gasteiger partial charge in [0.15, 0.2) is 5.65 Å². The number of nitrogens with zero attached hydrogens (tertiary/aromatic N) is 5. The molecule has 0 unspecified atom stereocenters. The van der Waals surface area contributed by atoms with Crippen LogP contribution < -0.4 is 9.62 Å². The van der Waals surface area contributed by atoms with Gasteiger partial charge in [-0.1, -0.05) is 37.3 Å². The zero-order valence-corrected chi connectivity index (χ0v) is 22.8. The SMILES string of the molecule is Cc1cn2nc([C@@H]3CCCCN3C(=O)[C@](C)(NS(C)(=O)=O)c3ccccc3)cc2nc1N1CC[C@H](C)C1. The third-order valence-corrected chi connectivity index (χ3v) is 8.40. The van der Waals surface area contributed by atoms with Crippen LogP contribution in [-0.2, 0) is 20.4 Å². The van der Waals surface area contributed by atoms with E-state index in [2.05, 4.69) is 23.5 Å². The Morgan fingerprint density at radius 2 is 1.89 bits per heavy atom. The molecular formula is C27H36N6O3S. The van der Waals surface area contributed by atoms with Crippen LogP contribution in [0, 0.1) is 12.8 Å². The van der Waals surface area contributed by atoms with E-state index in [1.54, 1.807) is 28.5 Å². The molecule has 2 aliphatic rings. The smallest absolute Gasteiger partial charge is 0.248 e. The molecule has 9 nitrogen and oxygen atoms in total.